The fourth-order valence-corrected chi connectivity index (χ4v) is 1.07. The van der Waals surface area contributed by atoms with Crippen LogP contribution in [0.2, 0.25) is 0 Å². The van der Waals surface area contributed by atoms with E-state index in [1.54, 1.807) is 0 Å². The van der Waals surface area contributed by atoms with E-state index in [0.29, 0.717) is 6.29 Å². The Kier molecular flexibility index (Phi) is 2.44. The summed E-state index contributed by atoms with van der Waals surface area (Å²) in [4.78, 5) is 20.2. The summed E-state index contributed by atoms with van der Waals surface area (Å²) < 4.78 is 0. The number of nitrogens with zero attached hydrogens (tertiary/aromatic N) is 1. The van der Waals surface area contributed by atoms with Gasteiger partial charge in [0.05, 0.1) is 9.82 Å². The van der Waals surface area contributed by atoms with Gasteiger partial charge < -0.3 is 0 Å². The zero-order chi connectivity index (χ0) is 9.14. The summed E-state index contributed by atoms with van der Waals surface area (Å²) in [6, 6.07) is 4.22. The summed E-state index contributed by atoms with van der Waals surface area (Å²) in [7, 11) is 0. The molecule has 1 aromatic carbocycles. The van der Waals surface area contributed by atoms with Crippen LogP contribution in [0.1, 0.15) is 10.4 Å². The quantitative estimate of drug-likeness (QED) is 0.328. The van der Waals surface area contributed by atoms with Crippen molar-refractivity contribution in [3.05, 3.63) is 33.9 Å². The molecule has 62 valence electrons. The topological polar surface area (TPSA) is 60.2 Å². The lowest BCUT2D eigenvalue weighted by atomic mass is 10.2. The molecule has 0 radical (unpaired) electrons. The van der Waals surface area contributed by atoms with Gasteiger partial charge in [-0.15, -0.1) is 12.6 Å². The van der Waals surface area contributed by atoms with Crippen molar-refractivity contribution >= 4 is 24.6 Å². The Labute approximate surface area is 73.8 Å². The minimum absolute atomic E-state index is 0.109. The molecule has 0 aromatic heterocycles. The van der Waals surface area contributed by atoms with Crippen molar-refractivity contribution in [3.8, 4) is 0 Å². The Hall–Kier alpha value is -1.36. The first kappa shape index (κ1) is 8.73. The molecule has 0 spiro atoms. The van der Waals surface area contributed by atoms with Crippen LogP contribution >= 0.6 is 12.6 Å². The largest absolute Gasteiger partial charge is 0.298 e. The maximum absolute atomic E-state index is 10.3. The van der Waals surface area contributed by atoms with Gasteiger partial charge in [-0.1, -0.05) is 12.1 Å². The maximum atomic E-state index is 10.3. The van der Waals surface area contributed by atoms with Crippen molar-refractivity contribution < 1.29 is 9.72 Å². The molecule has 5 heteroatoms. The van der Waals surface area contributed by atoms with Crippen LogP contribution in [0.5, 0.6) is 0 Å². The van der Waals surface area contributed by atoms with E-state index < -0.39 is 4.92 Å². The van der Waals surface area contributed by atoms with Crippen LogP contribution in [0, 0.1) is 10.1 Å². The molecular weight excluding hydrogens is 178 g/mol. The predicted octanol–water partition coefficient (Wildman–Crippen LogP) is 1.70. The third-order valence-corrected chi connectivity index (χ3v) is 1.86. The van der Waals surface area contributed by atoms with Gasteiger partial charge in [0.2, 0.25) is 0 Å². The van der Waals surface area contributed by atoms with Crippen molar-refractivity contribution in [2.75, 3.05) is 0 Å². The molecule has 0 N–H and O–H groups in total. The third-order valence-electron chi connectivity index (χ3n) is 1.37. The first-order valence-electron chi connectivity index (χ1n) is 3.08. The van der Waals surface area contributed by atoms with Gasteiger partial charge in [-0.25, -0.2) is 0 Å². The summed E-state index contributed by atoms with van der Waals surface area (Å²) in [6.45, 7) is 0. The van der Waals surface area contributed by atoms with E-state index in [-0.39, 0.29) is 16.1 Å². The van der Waals surface area contributed by atoms with Gasteiger partial charge in [0.15, 0.2) is 6.29 Å². The van der Waals surface area contributed by atoms with Gasteiger partial charge in [0, 0.05) is 11.6 Å². The van der Waals surface area contributed by atoms with E-state index in [2.05, 4.69) is 12.6 Å². The van der Waals surface area contributed by atoms with Gasteiger partial charge in [0.25, 0.3) is 5.69 Å². The van der Waals surface area contributed by atoms with E-state index in [9.17, 15) is 14.9 Å². The molecule has 4 nitrogen and oxygen atoms in total. The number of aldehydes is 1. The van der Waals surface area contributed by atoms with Crippen LogP contribution in [0.3, 0.4) is 0 Å². The number of nitro groups is 1. The van der Waals surface area contributed by atoms with Crippen LogP contribution in [-0.2, 0) is 0 Å². The highest BCUT2D eigenvalue weighted by Crippen LogP contribution is 2.24. The molecule has 0 aliphatic rings. The highest BCUT2D eigenvalue weighted by molar-refractivity contribution is 7.80. The highest BCUT2D eigenvalue weighted by Gasteiger charge is 2.12. The molecule has 0 saturated carbocycles. The minimum atomic E-state index is -0.574. The molecule has 0 unspecified atom stereocenters. The SMILES string of the molecule is O=Cc1cccc([N+](=O)[O-])c1S. The minimum Gasteiger partial charge on any atom is -0.298 e. The van der Waals surface area contributed by atoms with Crippen LogP contribution in [-0.4, -0.2) is 11.2 Å². The number of hydrogen-bond donors (Lipinski definition) is 1. The maximum Gasteiger partial charge on any atom is 0.283 e. The Morgan fingerprint density at radius 3 is 2.67 bits per heavy atom. The van der Waals surface area contributed by atoms with Gasteiger partial charge in [0.1, 0.15) is 0 Å². The normalized spacial score (nSPS) is 9.42. The summed E-state index contributed by atoms with van der Waals surface area (Å²) in [6.07, 6.45) is 0.537. The number of nitro benzene ring substituents is 1. The number of hydrogen-bond acceptors (Lipinski definition) is 4. The molecule has 0 aliphatic carbocycles. The Bertz CT molecular complexity index is 337. The number of thiol groups is 1. The number of benzene rings is 1. The molecule has 0 amide bonds. The Balaban J connectivity index is 3.32. The Morgan fingerprint density at radius 2 is 2.17 bits per heavy atom. The zero-order valence-electron chi connectivity index (χ0n) is 5.93. The smallest absolute Gasteiger partial charge is 0.283 e. The van der Waals surface area contributed by atoms with Crippen LogP contribution < -0.4 is 0 Å². The first-order chi connectivity index (χ1) is 5.66. The molecule has 0 fully saturated rings. The monoisotopic (exact) mass is 183 g/mol. The van der Waals surface area contributed by atoms with Crippen molar-refractivity contribution in [1.82, 2.24) is 0 Å². The van der Waals surface area contributed by atoms with E-state index >= 15 is 0 Å². The van der Waals surface area contributed by atoms with Crippen LogP contribution in [0.15, 0.2) is 23.1 Å². The molecule has 0 saturated heterocycles. The fraction of sp³-hybridized carbons (Fsp3) is 0. The van der Waals surface area contributed by atoms with Gasteiger partial charge in [-0.3, -0.25) is 14.9 Å². The van der Waals surface area contributed by atoms with Crippen molar-refractivity contribution in [1.29, 1.82) is 0 Å². The standard InChI is InChI=1S/C7H5NO3S/c9-4-5-2-1-3-6(7(5)12)8(10)11/h1-4,12H. The van der Waals surface area contributed by atoms with Gasteiger partial charge in [-0.2, -0.15) is 0 Å². The van der Waals surface area contributed by atoms with Gasteiger partial charge in [-0.05, 0) is 0 Å². The lowest BCUT2D eigenvalue weighted by Gasteiger charge is -1.96. The fourth-order valence-electron chi connectivity index (χ4n) is 0.791. The van der Waals surface area contributed by atoms with E-state index in [1.807, 2.05) is 0 Å². The predicted molar refractivity (Wildman–Crippen MR) is 45.7 cm³/mol. The number of rotatable bonds is 2. The summed E-state index contributed by atoms with van der Waals surface area (Å²) >= 11 is 3.86. The molecule has 0 atom stereocenters. The Morgan fingerprint density at radius 1 is 1.50 bits per heavy atom. The lowest BCUT2D eigenvalue weighted by Crippen LogP contribution is -1.92. The molecule has 1 aromatic rings. The molecule has 0 bridgehead atoms. The molecule has 1 rings (SSSR count). The highest BCUT2D eigenvalue weighted by atomic mass is 32.1. The summed E-state index contributed by atoms with van der Waals surface area (Å²) in [5, 5.41) is 10.3. The van der Waals surface area contributed by atoms with Crippen molar-refractivity contribution in [2.45, 2.75) is 4.90 Å². The molecular formula is C7H5NO3S. The second-order valence-electron chi connectivity index (χ2n) is 2.09. The average Bonchev–Trinajstić information content (AvgIpc) is 2.04. The summed E-state index contributed by atoms with van der Waals surface area (Å²) in [5.41, 5.74) is 0.0791. The number of carbonyl (C=O) groups excluding carboxylic acids is 1. The average molecular weight is 183 g/mol. The summed E-state index contributed by atoms with van der Waals surface area (Å²) in [5.74, 6) is 0. The van der Waals surface area contributed by atoms with Crippen LogP contribution in [0.25, 0.3) is 0 Å². The number of carbonyl (C=O) groups is 1. The molecule has 0 aliphatic heterocycles. The van der Waals surface area contributed by atoms with E-state index in [0.717, 1.165) is 0 Å². The lowest BCUT2D eigenvalue weighted by molar-refractivity contribution is -0.387. The molecule has 0 heterocycles. The van der Waals surface area contributed by atoms with E-state index in [4.69, 9.17) is 0 Å². The van der Waals surface area contributed by atoms with Gasteiger partial charge >= 0.3 is 0 Å². The van der Waals surface area contributed by atoms with E-state index in [1.165, 1.54) is 18.2 Å². The van der Waals surface area contributed by atoms with Crippen molar-refractivity contribution in [3.63, 3.8) is 0 Å². The second-order valence-corrected chi connectivity index (χ2v) is 2.54. The molecule has 12 heavy (non-hydrogen) atoms. The first-order valence-corrected chi connectivity index (χ1v) is 3.53. The van der Waals surface area contributed by atoms with Crippen LogP contribution in [0.4, 0.5) is 5.69 Å². The zero-order valence-corrected chi connectivity index (χ0v) is 6.82. The van der Waals surface area contributed by atoms with Crippen molar-refractivity contribution in [2.24, 2.45) is 0 Å². The second kappa shape index (κ2) is 3.36. The third kappa shape index (κ3) is 1.45.